The molecule has 1 fully saturated rings. The Bertz CT molecular complexity index is 337. The lowest BCUT2D eigenvalue weighted by molar-refractivity contribution is -0.0378. The lowest BCUT2D eigenvalue weighted by Gasteiger charge is -2.37. The maximum atomic E-state index is 10.6. The second-order valence-corrected chi connectivity index (χ2v) is 7.45. The Kier molecular flexibility index (Phi) is 6.08. The van der Waals surface area contributed by atoms with E-state index in [0.29, 0.717) is 30.8 Å². The normalized spacial score (nSPS) is 29.7. The number of hydrogen-bond acceptors (Lipinski definition) is 3. The van der Waals surface area contributed by atoms with Gasteiger partial charge >= 0.3 is 0 Å². The first kappa shape index (κ1) is 15.9. The molecule has 0 aromatic heterocycles. The molecule has 0 radical (unpaired) electrons. The smallest absolute Gasteiger partial charge is 0.264 e. The molecule has 1 N–H and O–H groups in total. The highest BCUT2D eigenvalue weighted by Crippen LogP contribution is 2.35. The van der Waals surface area contributed by atoms with Gasteiger partial charge in [0.2, 0.25) is 0 Å². The number of rotatable bonds is 6. The van der Waals surface area contributed by atoms with Crippen LogP contribution in [-0.4, -0.2) is 31.4 Å². The van der Waals surface area contributed by atoms with Crippen LogP contribution in [0.2, 0.25) is 0 Å². The molecule has 1 saturated carbocycles. The highest BCUT2D eigenvalue weighted by Gasteiger charge is 2.31. The van der Waals surface area contributed by atoms with Crippen molar-refractivity contribution in [2.75, 3.05) is 12.4 Å². The Morgan fingerprint density at radius 1 is 1.33 bits per heavy atom. The first-order valence-corrected chi connectivity index (χ1v) is 8.47. The average molecular weight is 278 g/mol. The second-order valence-electron chi connectivity index (χ2n) is 5.87. The topological polar surface area (TPSA) is 63.6 Å². The Balaban J connectivity index is 2.37. The van der Waals surface area contributed by atoms with Gasteiger partial charge in [0, 0.05) is 6.61 Å². The fraction of sp³-hybridized carbons (Fsp3) is 1.00. The summed E-state index contributed by atoms with van der Waals surface area (Å²) in [6.07, 6.45) is 4.13. The zero-order valence-corrected chi connectivity index (χ0v) is 12.4. The van der Waals surface area contributed by atoms with E-state index in [1.54, 1.807) is 0 Å². The van der Waals surface area contributed by atoms with Crippen LogP contribution in [0.1, 0.15) is 46.5 Å². The van der Waals surface area contributed by atoms with E-state index >= 15 is 0 Å². The van der Waals surface area contributed by atoms with E-state index in [2.05, 4.69) is 20.8 Å². The first-order chi connectivity index (χ1) is 8.29. The van der Waals surface area contributed by atoms with Gasteiger partial charge in [-0.1, -0.05) is 27.2 Å². The summed E-state index contributed by atoms with van der Waals surface area (Å²) in [5, 5.41) is 0. The summed E-state index contributed by atoms with van der Waals surface area (Å²) < 4.78 is 35.7. The Labute approximate surface area is 111 Å². The largest absolute Gasteiger partial charge is 0.378 e. The zero-order valence-electron chi connectivity index (χ0n) is 11.6. The third-order valence-corrected chi connectivity index (χ3v) is 4.64. The van der Waals surface area contributed by atoms with Gasteiger partial charge in [-0.25, -0.2) is 0 Å². The quantitative estimate of drug-likeness (QED) is 0.599. The SMILES string of the molecule is CC1CCC(C(C)C)C(OCCCS(=O)(=O)O)C1. The molecule has 3 atom stereocenters. The van der Waals surface area contributed by atoms with E-state index in [4.69, 9.17) is 9.29 Å². The summed E-state index contributed by atoms with van der Waals surface area (Å²) in [5.74, 6) is 1.66. The van der Waals surface area contributed by atoms with E-state index < -0.39 is 10.1 Å². The van der Waals surface area contributed by atoms with Gasteiger partial charge < -0.3 is 4.74 Å². The molecule has 1 rings (SSSR count). The van der Waals surface area contributed by atoms with Crippen LogP contribution in [0.5, 0.6) is 0 Å². The van der Waals surface area contributed by atoms with E-state index in [1.165, 1.54) is 12.8 Å². The molecule has 1 aliphatic carbocycles. The molecule has 0 aromatic carbocycles. The van der Waals surface area contributed by atoms with Crippen LogP contribution in [0.3, 0.4) is 0 Å². The number of hydrogen-bond donors (Lipinski definition) is 1. The van der Waals surface area contributed by atoms with E-state index in [1.807, 2.05) is 0 Å². The van der Waals surface area contributed by atoms with Gasteiger partial charge in [-0.2, -0.15) is 8.42 Å². The van der Waals surface area contributed by atoms with Gasteiger partial charge in [0.25, 0.3) is 10.1 Å². The molecule has 0 aromatic rings. The molecule has 0 saturated heterocycles. The summed E-state index contributed by atoms with van der Waals surface area (Å²) in [6.45, 7) is 7.09. The standard InChI is InChI=1S/C13H26O4S/c1-10(2)12-6-5-11(3)9-13(12)17-7-4-8-18(14,15)16/h10-13H,4-9H2,1-3H3,(H,14,15,16). The second kappa shape index (κ2) is 6.87. The molecule has 0 heterocycles. The van der Waals surface area contributed by atoms with Crippen LogP contribution in [0.4, 0.5) is 0 Å². The summed E-state index contributed by atoms with van der Waals surface area (Å²) >= 11 is 0. The fourth-order valence-corrected chi connectivity index (χ4v) is 3.27. The van der Waals surface area contributed by atoms with Crippen LogP contribution in [0.15, 0.2) is 0 Å². The average Bonchev–Trinajstić information content (AvgIpc) is 2.22. The lowest BCUT2D eigenvalue weighted by Crippen LogP contribution is -2.34. The molecule has 18 heavy (non-hydrogen) atoms. The monoisotopic (exact) mass is 278 g/mol. The third kappa shape index (κ3) is 5.67. The molecular weight excluding hydrogens is 252 g/mol. The van der Waals surface area contributed by atoms with Crippen molar-refractivity contribution in [1.29, 1.82) is 0 Å². The Hall–Kier alpha value is -0.130. The van der Waals surface area contributed by atoms with Crippen molar-refractivity contribution in [2.24, 2.45) is 17.8 Å². The van der Waals surface area contributed by atoms with Gasteiger partial charge in [0.1, 0.15) is 0 Å². The molecule has 1 aliphatic rings. The van der Waals surface area contributed by atoms with Crippen LogP contribution in [0, 0.1) is 17.8 Å². The molecule has 5 heteroatoms. The van der Waals surface area contributed by atoms with Crippen molar-refractivity contribution >= 4 is 10.1 Å². The summed E-state index contributed by atoms with van der Waals surface area (Å²) in [5.41, 5.74) is 0. The summed E-state index contributed by atoms with van der Waals surface area (Å²) in [6, 6.07) is 0. The van der Waals surface area contributed by atoms with Crippen molar-refractivity contribution in [3.05, 3.63) is 0 Å². The highest BCUT2D eigenvalue weighted by molar-refractivity contribution is 7.85. The first-order valence-electron chi connectivity index (χ1n) is 6.86. The van der Waals surface area contributed by atoms with Crippen LogP contribution < -0.4 is 0 Å². The molecule has 3 unspecified atom stereocenters. The molecule has 0 bridgehead atoms. The van der Waals surface area contributed by atoms with Crippen molar-refractivity contribution in [1.82, 2.24) is 0 Å². The zero-order chi connectivity index (χ0) is 13.8. The Morgan fingerprint density at radius 2 is 2.00 bits per heavy atom. The van der Waals surface area contributed by atoms with Crippen molar-refractivity contribution in [3.8, 4) is 0 Å². The van der Waals surface area contributed by atoms with Gasteiger partial charge in [-0.05, 0) is 37.0 Å². The minimum Gasteiger partial charge on any atom is -0.378 e. The van der Waals surface area contributed by atoms with Gasteiger partial charge in [0.05, 0.1) is 11.9 Å². The van der Waals surface area contributed by atoms with Gasteiger partial charge in [0.15, 0.2) is 0 Å². The number of ether oxygens (including phenoxy) is 1. The Morgan fingerprint density at radius 3 is 2.56 bits per heavy atom. The molecule has 4 nitrogen and oxygen atoms in total. The van der Waals surface area contributed by atoms with E-state index in [-0.39, 0.29) is 11.9 Å². The van der Waals surface area contributed by atoms with Crippen LogP contribution >= 0.6 is 0 Å². The summed E-state index contributed by atoms with van der Waals surface area (Å²) in [4.78, 5) is 0. The van der Waals surface area contributed by atoms with Gasteiger partial charge in [-0.3, -0.25) is 4.55 Å². The van der Waals surface area contributed by atoms with Gasteiger partial charge in [-0.15, -0.1) is 0 Å². The van der Waals surface area contributed by atoms with Crippen LogP contribution in [-0.2, 0) is 14.9 Å². The third-order valence-electron chi connectivity index (χ3n) is 3.84. The van der Waals surface area contributed by atoms with Crippen molar-refractivity contribution in [3.63, 3.8) is 0 Å². The summed E-state index contributed by atoms with van der Waals surface area (Å²) in [7, 11) is -3.85. The lowest BCUT2D eigenvalue weighted by atomic mass is 9.75. The maximum Gasteiger partial charge on any atom is 0.264 e. The predicted molar refractivity (Wildman–Crippen MR) is 72.1 cm³/mol. The fourth-order valence-electron chi connectivity index (χ4n) is 2.78. The van der Waals surface area contributed by atoms with E-state index in [0.717, 1.165) is 6.42 Å². The maximum absolute atomic E-state index is 10.6. The van der Waals surface area contributed by atoms with Crippen molar-refractivity contribution in [2.45, 2.75) is 52.6 Å². The molecular formula is C13H26O4S. The molecule has 108 valence electrons. The minimum absolute atomic E-state index is 0.207. The molecule has 0 spiro atoms. The molecule has 0 aliphatic heterocycles. The van der Waals surface area contributed by atoms with E-state index in [9.17, 15) is 8.42 Å². The molecule has 0 amide bonds. The predicted octanol–water partition coefficient (Wildman–Crippen LogP) is 2.74. The minimum atomic E-state index is -3.85. The highest BCUT2D eigenvalue weighted by atomic mass is 32.2. The van der Waals surface area contributed by atoms with Crippen molar-refractivity contribution < 1.29 is 17.7 Å². The van der Waals surface area contributed by atoms with Crippen LogP contribution in [0.25, 0.3) is 0 Å².